The monoisotopic (exact) mass is 504 g/mol. The minimum Gasteiger partial charge on any atom is -0.321 e. The molecule has 0 aliphatic rings. The normalized spacial score (nSPS) is 11.1. The number of rotatable bonds is 6. The van der Waals surface area contributed by atoms with Gasteiger partial charge in [-0.1, -0.05) is 70.7 Å². The zero-order valence-electron chi connectivity index (χ0n) is 16.4. The molecule has 3 aromatic rings. The SMILES string of the molecule is O=C(C=Cc1c(Cl)cccc1Cl)Nc1ccccc1NC(=O)C=Cc1c(Cl)cccc1Cl. The lowest BCUT2D eigenvalue weighted by Gasteiger charge is -2.10. The molecule has 0 unspecified atom stereocenters. The van der Waals surface area contributed by atoms with E-state index in [9.17, 15) is 9.59 Å². The highest BCUT2D eigenvalue weighted by atomic mass is 35.5. The average Bonchev–Trinajstić information content (AvgIpc) is 2.74. The Hall–Kier alpha value is -2.76. The summed E-state index contributed by atoms with van der Waals surface area (Å²) in [7, 11) is 0. The number of para-hydroxylation sites is 2. The van der Waals surface area contributed by atoms with Gasteiger partial charge in [-0.3, -0.25) is 9.59 Å². The van der Waals surface area contributed by atoms with Crippen molar-refractivity contribution < 1.29 is 9.59 Å². The van der Waals surface area contributed by atoms with Crippen LogP contribution in [0.2, 0.25) is 20.1 Å². The number of hydrogen-bond donors (Lipinski definition) is 2. The van der Waals surface area contributed by atoms with Crippen LogP contribution in [-0.2, 0) is 9.59 Å². The molecule has 0 aliphatic carbocycles. The van der Waals surface area contributed by atoms with Gasteiger partial charge in [0.25, 0.3) is 0 Å². The summed E-state index contributed by atoms with van der Waals surface area (Å²) in [5, 5.41) is 7.17. The Kier molecular flexibility index (Phi) is 8.37. The van der Waals surface area contributed by atoms with E-state index in [1.165, 1.54) is 24.3 Å². The Balaban J connectivity index is 1.70. The van der Waals surface area contributed by atoms with Crippen LogP contribution in [0.1, 0.15) is 11.1 Å². The van der Waals surface area contributed by atoms with Gasteiger partial charge in [-0.25, -0.2) is 0 Å². The summed E-state index contributed by atoms with van der Waals surface area (Å²) in [6.45, 7) is 0. The van der Waals surface area contributed by atoms with Crippen LogP contribution < -0.4 is 10.6 Å². The first-order valence-electron chi connectivity index (χ1n) is 9.30. The standard InChI is InChI=1S/C24H16Cl4N2O2/c25-17-5-3-6-18(26)15(17)11-13-23(31)29-21-9-1-2-10-22(21)30-24(32)14-12-16-19(27)7-4-8-20(16)28/h1-14H,(H,29,31)(H,30,32). The maximum Gasteiger partial charge on any atom is 0.248 e. The lowest BCUT2D eigenvalue weighted by Crippen LogP contribution is -2.13. The van der Waals surface area contributed by atoms with Gasteiger partial charge in [-0.2, -0.15) is 0 Å². The summed E-state index contributed by atoms with van der Waals surface area (Å²) < 4.78 is 0. The molecular weight excluding hydrogens is 490 g/mol. The number of halogens is 4. The Morgan fingerprint density at radius 2 is 0.906 bits per heavy atom. The van der Waals surface area contributed by atoms with E-state index < -0.39 is 11.8 Å². The smallest absolute Gasteiger partial charge is 0.248 e. The third-order valence-corrected chi connectivity index (χ3v) is 5.56. The topological polar surface area (TPSA) is 58.2 Å². The van der Waals surface area contributed by atoms with Gasteiger partial charge in [0.2, 0.25) is 11.8 Å². The summed E-state index contributed by atoms with van der Waals surface area (Å²) in [5.41, 5.74) is 1.92. The molecule has 3 rings (SSSR count). The first kappa shape index (κ1) is 23.9. The number of benzene rings is 3. The van der Waals surface area contributed by atoms with Crippen LogP contribution >= 0.6 is 46.4 Å². The third-order valence-electron chi connectivity index (χ3n) is 4.24. The van der Waals surface area contributed by atoms with Gasteiger partial charge in [-0.05, 0) is 48.6 Å². The molecule has 0 aliphatic heterocycles. The molecule has 0 bridgehead atoms. The van der Waals surface area contributed by atoms with E-state index in [4.69, 9.17) is 46.4 Å². The van der Waals surface area contributed by atoms with Gasteiger partial charge in [0, 0.05) is 43.4 Å². The van der Waals surface area contributed by atoms with Crippen LogP contribution in [0.25, 0.3) is 12.2 Å². The van der Waals surface area contributed by atoms with Crippen molar-refractivity contribution in [1.82, 2.24) is 0 Å². The molecule has 0 heterocycles. The second-order valence-electron chi connectivity index (χ2n) is 6.46. The van der Waals surface area contributed by atoms with Crippen LogP contribution in [0, 0.1) is 0 Å². The van der Waals surface area contributed by atoms with Gasteiger partial charge in [0.05, 0.1) is 11.4 Å². The van der Waals surface area contributed by atoms with E-state index in [1.807, 2.05) is 0 Å². The molecule has 4 nitrogen and oxygen atoms in total. The van der Waals surface area contributed by atoms with Crippen molar-refractivity contribution in [3.63, 3.8) is 0 Å². The fourth-order valence-corrected chi connectivity index (χ4v) is 3.75. The van der Waals surface area contributed by atoms with Gasteiger partial charge >= 0.3 is 0 Å². The zero-order chi connectivity index (χ0) is 23.1. The molecule has 2 amide bonds. The first-order valence-corrected chi connectivity index (χ1v) is 10.8. The van der Waals surface area contributed by atoms with Crippen molar-refractivity contribution in [3.8, 4) is 0 Å². The molecule has 0 saturated heterocycles. The van der Waals surface area contributed by atoms with Crippen LogP contribution in [-0.4, -0.2) is 11.8 Å². The fourth-order valence-electron chi connectivity index (χ4n) is 2.71. The predicted octanol–water partition coefficient (Wildman–Crippen LogP) is 7.60. The van der Waals surface area contributed by atoms with Gasteiger partial charge in [-0.15, -0.1) is 0 Å². The number of carbonyl (C=O) groups is 2. The fraction of sp³-hybridized carbons (Fsp3) is 0. The number of hydrogen-bond acceptors (Lipinski definition) is 2. The van der Waals surface area contributed by atoms with Crippen LogP contribution in [0.15, 0.2) is 72.8 Å². The molecule has 0 saturated carbocycles. The van der Waals surface area contributed by atoms with E-state index in [1.54, 1.807) is 60.7 Å². The second-order valence-corrected chi connectivity index (χ2v) is 8.09. The zero-order valence-corrected chi connectivity index (χ0v) is 19.4. The van der Waals surface area contributed by atoms with Crippen molar-refractivity contribution in [2.75, 3.05) is 10.6 Å². The summed E-state index contributed by atoms with van der Waals surface area (Å²) in [5.74, 6) is -0.831. The van der Waals surface area contributed by atoms with Gasteiger partial charge < -0.3 is 10.6 Å². The number of anilines is 2. The molecule has 0 atom stereocenters. The Morgan fingerprint density at radius 3 is 1.25 bits per heavy atom. The van der Waals surface area contributed by atoms with Gasteiger partial charge in [0.15, 0.2) is 0 Å². The number of amides is 2. The van der Waals surface area contributed by atoms with Crippen molar-refractivity contribution in [2.45, 2.75) is 0 Å². The van der Waals surface area contributed by atoms with E-state index in [0.29, 0.717) is 42.6 Å². The molecular formula is C24H16Cl4N2O2. The van der Waals surface area contributed by atoms with E-state index >= 15 is 0 Å². The van der Waals surface area contributed by atoms with Crippen molar-refractivity contribution in [3.05, 3.63) is 104 Å². The first-order chi connectivity index (χ1) is 15.3. The molecule has 0 aromatic heterocycles. The van der Waals surface area contributed by atoms with E-state index in [0.717, 1.165) is 0 Å². The van der Waals surface area contributed by atoms with Gasteiger partial charge in [0.1, 0.15) is 0 Å². The maximum atomic E-state index is 12.4. The van der Waals surface area contributed by atoms with E-state index in [-0.39, 0.29) is 0 Å². The highest BCUT2D eigenvalue weighted by Gasteiger charge is 2.08. The Bertz CT molecular complexity index is 1090. The maximum absolute atomic E-state index is 12.4. The molecule has 0 fully saturated rings. The molecule has 162 valence electrons. The molecule has 0 radical (unpaired) electrons. The molecule has 3 aromatic carbocycles. The highest BCUT2D eigenvalue weighted by Crippen LogP contribution is 2.27. The quantitative estimate of drug-likeness (QED) is 0.339. The summed E-state index contributed by atoms with van der Waals surface area (Å²) in [4.78, 5) is 24.8. The Labute approximate surface area is 205 Å². The summed E-state index contributed by atoms with van der Waals surface area (Å²) in [6, 6.07) is 17.0. The molecule has 0 spiro atoms. The van der Waals surface area contributed by atoms with Crippen LogP contribution in [0.3, 0.4) is 0 Å². The molecule has 32 heavy (non-hydrogen) atoms. The third kappa shape index (κ3) is 6.38. The average molecular weight is 506 g/mol. The lowest BCUT2D eigenvalue weighted by atomic mass is 10.2. The van der Waals surface area contributed by atoms with Crippen LogP contribution in [0.5, 0.6) is 0 Å². The number of nitrogens with one attached hydrogen (secondary N) is 2. The van der Waals surface area contributed by atoms with Crippen molar-refractivity contribution >= 4 is 81.7 Å². The minimum absolute atomic E-state index is 0.416. The van der Waals surface area contributed by atoms with Crippen molar-refractivity contribution in [2.24, 2.45) is 0 Å². The summed E-state index contributed by atoms with van der Waals surface area (Å²) in [6.07, 6.45) is 5.67. The molecule has 2 N–H and O–H groups in total. The minimum atomic E-state index is -0.416. The number of carbonyl (C=O) groups excluding carboxylic acids is 2. The Morgan fingerprint density at radius 1 is 0.562 bits per heavy atom. The largest absolute Gasteiger partial charge is 0.321 e. The second kappa shape index (κ2) is 11.2. The summed E-state index contributed by atoms with van der Waals surface area (Å²) >= 11 is 24.4. The highest BCUT2D eigenvalue weighted by molar-refractivity contribution is 6.38. The van der Waals surface area contributed by atoms with Crippen LogP contribution in [0.4, 0.5) is 11.4 Å². The van der Waals surface area contributed by atoms with E-state index in [2.05, 4.69) is 10.6 Å². The lowest BCUT2D eigenvalue weighted by molar-refractivity contribution is -0.112. The predicted molar refractivity (Wildman–Crippen MR) is 135 cm³/mol. The van der Waals surface area contributed by atoms with Crippen molar-refractivity contribution in [1.29, 1.82) is 0 Å². The molecule has 8 heteroatoms.